The van der Waals surface area contributed by atoms with Crippen molar-refractivity contribution in [1.82, 2.24) is 66.1 Å². The summed E-state index contributed by atoms with van der Waals surface area (Å²) in [4.78, 5) is 145. The number of nitrogens with one attached hydrogen (secondary N) is 5. The standard InChI is InChI=1S/C62H62N14O18S5/c1-23(49(63)78)64-50(79)32-20-98-58(69-32)43-37(89-9)13-28-42(71-43)31-18-96-56(66-31)30-17-92-60(84)45-29-16-90-46(47(94-38-14-62(5,86)48(75(6)7)26(4)93-38)61(85)91-15-27-11-10-12-36(39(27)29)76(45)87)44(59-70-33(21-99-59)51(80)65-30)74-53(82)35-22-97-57(68-35)41(25(3)88-8)73-54(83)40(24(2)77)72-52(81)34-19-95-55(28)67-34/h10-13,18-22,24,26,30,38,40,44,46-48,77,86-87H,1,14-17H2,2-9H3,(H2,63,78)(H,64,79)(H,65,80)(H,72,81)(H,73,83)(H,74,82)/b41-25+/t24-,26+,30+,38+,40+,44+,46+,47+,48?,62+/m1/s1. The van der Waals surface area contributed by atoms with Gasteiger partial charge >= 0.3 is 11.9 Å². The summed E-state index contributed by atoms with van der Waals surface area (Å²) in [6, 6.07) is 0.989. The third-order valence-corrected chi connectivity index (χ3v) is 21.0. The first kappa shape index (κ1) is 69.4. The van der Waals surface area contributed by atoms with E-state index < -0.39 is 133 Å². The van der Waals surface area contributed by atoms with Gasteiger partial charge in [-0.15, -0.1) is 56.7 Å². The number of primary amides is 1. The van der Waals surface area contributed by atoms with Gasteiger partial charge < -0.3 is 85.8 Å². The van der Waals surface area contributed by atoms with Crippen molar-refractivity contribution in [2.24, 2.45) is 5.73 Å². The number of cyclic esters (lactones) is 2. The number of rotatable bonds is 10. The lowest BCUT2D eigenvalue weighted by Gasteiger charge is -2.48. The Morgan fingerprint density at radius 2 is 1.52 bits per heavy atom. The zero-order valence-electron chi connectivity index (χ0n) is 53.6. The summed E-state index contributed by atoms with van der Waals surface area (Å²) in [6.45, 7) is 7.79. The molecule has 12 rings (SSSR count). The van der Waals surface area contributed by atoms with E-state index in [0.29, 0.717) is 10.3 Å². The van der Waals surface area contributed by atoms with Crippen molar-refractivity contribution < 1.29 is 86.9 Å². The maximum absolute atomic E-state index is 15.2. The highest BCUT2D eigenvalue weighted by atomic mass is 32.1. The maximum Gasteiger partial charge on any atom is 0.358 e. The monoisotopic (exact) mass is 1450 g/mol. The molecule has 8 aromatic rings. The molecule has 99 heavy (non-hydrogen) atoms. The Morgan fingerprint density at radius 3 is 2.22 bits per heavy atom. The molecule has 0 saturated carbocycles. The maximum atomic E-state index is 15.2. The molecule has 7 aromatic heterocycles. The van der Waals surface area contributed by atoms with Crippen LogP contribution in [0.2, 0.25) is 0 Å². The predicted molar refractivity (Wildman–Crippen MR) is 355 cm³/mol. The number of thiazole rings is 5. The Kier molecular flexibility index (Phi) is 19.6. The molecule has 518 valence electrons. The number of methoxy groups -OCH3 is 2. The molecular weight excluding hydrogens is 1390 g/mol. The lowest BCUT2D eigenvalue weighted by Crippen LogP contribution is -2.62. The number of nitrogens with two attached hydrogens (primary N) is 1. The van der Waals surface area contributed by atoms with Crippen LogP contribution in [0.1, 0.15) is 125 Å². The van der Waals surface area contributed by atoms with E-state index in [4.69, 9.17) is 53.8 Å². The topological polar surface area (TPSA) is 434 Å². The summed E-state index contributed by atoms with van der Waals surface area (Å²) in [6.07, 6.45) is -7.52. The van der Waals surface area contributed by atoms with Crippen LogP contribution in [0.3, 0.4) is 0 Å². The summed E-state index contributed by atoms with van der Waals surface area (Å²) in [5, 5.41) is 56.3. The fourth-order valence-corrected chi connectivity index (χ4v) is 16.1. The highest BCUT2D eigenvalue weighted by Crippen LogP contribution is 2.43. The molecule has 0 radical (unpaired) electrons. The third kappa shape index (κ3) is 13.7. The molecule has 11 heterocycles. The smallest absolute Gasteiger partial charge is 0.358 e. The molecular formula is C62H62N14O18S5. The van der Waals surface area contributed by atoms with Crippen LogP contribution in [-0.2, 0) is 56.0 Å². The molecule has 10 atom stereocenters. The zero-order valence-corrected chi connectivity index (χ0v) is 57.7. The normalized spacial score (nSPS) is 23.9. The summed E-state index contributed by atoms with van der Waals surface area (Å²) < 4.78 is 44.2. The van der Waals surface area contributed by atoms with E-state index in [0.717, 1.165) is 56.7 Å². The van der Waals surface area contributed by atoms with Crippen molar-refractivity contribution in [1.29, 1.82) is 0 Å². The first-order valence-corrected chi connectivity index (χ1v) is 34.5. The van der Waals surface area contributed by atoms with Gasteiger partial charge in [0.15, 0.2) is 18.1 Å². The summed E-state index contributed by atoms with van der Waals surface area (Å²) in [5.74, 6) is -7.51. The van der Waals surface area contributed by atoms with Crippen molar-refractivity contribution in [3.8, 4) is 38.4 Å². The number of hydrogen-bond donors (Lipinski definition) is 9. The Labute approximate surface area is 581 Å². The first-order valence-electron chi connectivity index (χ1n) is 30.1. The fourth-order valence-electron chi connectivity index (χ4n) is 11.9. The number of carbonyl (C=O) groups excluding carboxylic acids is 8. The number of aromatic nitrogens is 7. The van der Waals surface area contributed by atoms with Crippen molar-refractivity contribution in [3.63, 3.8) is 0 Å². The molecule has 1 aromatic carbocycles. The van der Waals surface area contributed by atoms with Crippen LogP contribution in [0.5, 0.6) is 5.75 Å². The largest absolute Gasteiger partial charge is 0.499 e. The molecule has 1 saturated heterocycles. The molecule has 37 heteroatoms. The number of aliphatic hydroxyl groups is 2. The molecule has 12 bridgehead atoms. The Balaban J connectivity index is 1.05. The molecule has 6 amide bonds. The SMILES string of the molecule is C=C(NC(=O)c1csc(-c2nc3c(cc2OC)-c2nc(cs2)C(=O)N[C@@H]([C@@H](C)O)C(=O)N/C(=C(\C)OC)c2nc(cs2)C(=O)N[C@@H]2c4nc(cs4)C(=O)N[C@@H](COC(=O)c4c5c6c(cccc6n4O)COC(=O)[C@@H](O[C@H]4C[C@](C)(O)C(N(C)C)[C@H](C)O4)[C@H]2OC5)c2nc-3cs2)n1)C(N)=O. The summed E-state index contributed by atoms with van der Waals surface area (Å²) >= 11 is 4.68. The first-order chi connectivity index (χ1) is 47.2. The van der Waals surface area contributed by atoms with Gasteiger partial charge in [0.25, 0.3) is 29.5 Å². The van der Waals surface area contributed by atoms with Crippen LogP contribution in [-0.4, -0.2) is 186 Å². The van der Waals surface area contributed by atoms with E-state index in [2.05, 4.69) is 48.1 Å². The van der Waals surface area contributed by atoms with Gasteiger partial charge in [-0.1, -0.05) is 18.7 Å². The minimum absolute atomic E-state index is 0.00841. The van der Waals surface area contributed by atoms with E-state index >= 15 is 19.2 Å². The number of fused-ring (bicyclic) bond motifs is 15. The number of ether oxygens (including phenoxy) is 7. The highest BCUT2D eigenvalue weighted by molar-refractivity contribution is 7.14. The average molecular weight is 1450 g/mol. The molecule has 32 nitrogen and oxygen atoms in total. The molecule has 10 N–H and O–H groups in total. The van der Waals surface area contributed by atoms with Crippen LogP contribution >= 0.6 is 56.7 Å². The number of benzene rings is 1. The van der Waals surface area contributed by atoms with Crippen molar-refractivity contribution in [3.05, 3.63) is 124 Å². The van der Waals surface area contributed by atoms with Gasteiger partial charge in [0.2, 0.25) is 5.91 Å². The number of aliphatic hydroxyl groups excluding tert-OH is 1. The Morgan fingerprint density at radius 1 is 0.848 bits per heavy atom. The second-order valence-corrected chi connectivity index (χ2v) is 27.9. The zero-order chi connectivity index (χ0) is 70.6. The molecule has 4 aliphatic rings. The Hall–Kier alpha value is -9.54. The van der Waals surface area contributed by atoms with Gasteiger partial charge in [-0.2, -0.15) is 4.73 Å². The number of esters is 2. The summed E-state index contributed by atoms with van der Waals surface area (Å²) in [7, 11) is 6.20. The van der Waals surface area contributed by atoms with Crippen molar-refractivity contribution >= 4 is 121 Å². The minimum atomic E-state index is -1.91. The Bertz CT molecular complexity index is 4620. The van der Waals surface area contributed by atoms with E-state index in [-0.39, 0.29) is 116 Å². The van der Waals surface area contributed by atoms with E-state index in [1.54, 1.807) is 50.4 Å². The number of pyridine rings is 1. The van der Waals surface area contributed by atoms with Gasteiger partial charge in [-0.05, 0) is 59.5 Å². The second-order valence-electron chi connectivity index (χ2n) is 23.5. The molecule has 4 aliphatic heterocycles. The lowest BCUT2D eigenvalue weighted by atomic mass is 9.85. The quantitative estimate of drug-likeness (QED) is 0.0401. The average Bonchev–Trinajstić information content (AvgIpc) is 1.62. The molecule has 0 aliphatic carbocycles. The van der Waals surface area contributed by atoms with Crippen LogP contribution in [0, 0.1) is 0 Å². The molecule has 0 spiro atoms. The van der Waals surface area contributed by atoms with Crippen LogP contribution in [0.4, 0.5) is 0 Å². The van der Waals surface area contributed by atoms with E-state index in [9.17, 15) is 34.6 Å². The van der Waals surface area contributed by atoms with Gasteiger partial charge in [0.05, 0.1) is 55.9 Å². The molecule has 1 fully saturated rings. The van der Waals surface area contributed by atoms with E-state index in [1.165, 1.54) is 61.7 Å². The van der Waals surface area contributed by atoms with Gasteiger partial charge in [0, 0.05) is 49.8 Å². The van der Waals surface area contributed by atoms with Gasteiger partial charge in [-0.3, -0.25) is 28.8 Å². The number of nitrogens with zero attached hydrogens (tertiary/aromatic N) is 8. The van der Waals surface area contributed by atoms with Gasteiger partial charge in [0.1, 0.15) is 120 Å². The van der Waals surface area contributed by atoms with Gasteiger partial charge in [-0.25, -0.2) is 39.5 Å². The number of hydrogen-bond acceptors (Lipinski definition) is 30. The van der Waals surface area contributed by atoms with Crippen LogP contribution in [0.15, 0.2) is 69.2 Å². The second kappa shape index (κ2) is 28.0. The minimum Gasteiger partial charge on any atom is -0.499 e. The van der Waals surface area contributed by atoms with Crippen LogP contribution < -0.4 is 37.1 Å². The number of allylic oxidation sites excluding steroid dienone is 1. The van der Waals surface area contributed by atoms with E-state index in [1.807, 2.05) is 0 Å². The van der Waals surface area contributed by atoms with Crippen molar-refractivity contribution in [2.45, 2.75) is 108 Å². The lowest BCUT2D eigenvalue weighted by molar-refractivity contribution is -0.280. The highest BCUT2D eigenvalue weighted by Gasteiger charge is 2.50. The number of carbonyl (C=O) groups is 8. The molecule has 1 unspecified atom stereocenters. The third-order valence-electron chi connectivity index (χ3n) is 16.5. The van der Waals surface area contributed by atoms with Crippen LogP contribution in [0.25, 0.3) is 49.3 Å². The number of likely N-dealkylation sites (N-methyl/N-ethyl adjacent to an activating group) is 1. The summed E-state index contributed by atoms with van der Waals surface area (Å²) in [5.41, 5.74) is 2.80. The fraction of sp³-hybridized carbons (Fsp3) is 0.355. The predicted octanol–water partition coefficient (Wildman–Crippen LogP) is 4.19. The van der Waals surface area contributed by atoms with Crippen molar-refractivity contribution in [2.75, 3.05) is 34.9 Å². The number of amides is 6.